The lowest BCUT2D eigenvalue weighted by Crippen LogP contribution is -2.42. The van der Waals surface area contributed by atoms with E-state index < -0.39 is 0 Å². The molecule has 2 atom stereocenters. The molecule has 1 saturated carbocycles. The predicted octanol–water partition coefficient (Wildman–Crippen LogP) is 3.08. The summed E-state index contributed by atoms with van der Waals surface area (Å²) in [5.41, 5.74) is 3.27. The Morgan fingerprint density at radius 3 is 2.61 bits per heavy atom. The molecule has 1 fully saturated rings. The predicted molar refractivity (Wildman–Crippen MR) is 90.1 cm³/mol. The molecule has 2 rings (SSSR count). The number of hydrogen-bond donors (Lipinski definition) is 1. The van der Waals surface area contributed by atoms with Gasteiger partial charge in [0.1, 0.15) is 0 Å². The van der Waals surface area contributed by atoms with Crippen LogP contribution in [0.3, 0.4) is 0 Å². The molecule has 1 N–H and O–H groups in total. The molecule has 0 radical (unpaired) electrons. The number of carbonyl (C=O) groups is 2. The second-order valence-corrected chi connectivity index (χ2v) is 6.69. The number of rotatable bonds is 5. The van der Waals surface area contributed by atoms with Crippen molar-refractivity contribution in [3.63, 3.8) is 0 Å². The van der Waals surface area contributed by atoms with Gasteiger partial charge in [-0.05, 0) is 49.3 Å². The van der Waals surface area contributed by atoms with Gasteiger partial charge in [-0.2, -0.15) is 0 Å². The summed E-state index contributed by atoms with van der Waals surface area (Å²) >= 11 is 0. The van der Waals surface area contributed by atoms with Crippen molar-refractivity contribution in [3.05, 3.63) is 34.9 Å². The standard InChI is InChI=1S/C19H27NO3/c1-13-8-9-16(10-15(13)3)11-19(22)23-12-18(21)20-17-7-5-4-6-14(17)2/h8-10,14,17H,4-7,11-12H2,1-3H3,(H,20,21)/t14-,17-/m0/s1. The van der Waals surface area contributed by atoms with Crippen LogP contribution in [0.1, 0.15) is 49.3 Å². The van der Waals surface area contributed by atoms with Crippen molar-refractivity contribution in [1.29, 1.82) is 0 Å². The van der Waals surface area contributed by atoms with E-state index >= 15 is 0 Å². The summed E-state index contributed by atoms with van der Waals surface area (Å²) in [6.07, 6.45) is 4.76. The highest BCUT2D eigenvalue weighted by Crippen LogP contribution is 2.23. The smallest absolute Gasteiger partial charge is 0.310 e. The number of amides is 1. The largest absolute Gasteiger partial charge is 0.455 e. The van der Waals surface area contributed by atoms with Crippen LogP contribution in [0, 0.1) is 19.8 Å². The monoisotopic (exact) mass is 317 g/mol. The zero-order valence-corrected chi connectivity index (χ0v) is 14.4. The van der Waals surface area contributed by atoms with Crippen LogP contribution >= 0.6 is 0 Å². The van der Waals surface area contributed by atoms with Gasteiger partial charge in [0, 0.05) is 6.04 Å². The lowest BCUT2D eigenvalue weighted by Gasteiger charge is -2.29. The van der Waals surface area contributed by atoms with Crippen LogP contribution in [0.15, 0.2) is 18.2 Å². The Hall–Kier alpha value is -1.84. The summed E-state index contributed by atoms with van der Waals surface area (Å²) in [4.78, 5) is 23.8. The normalized spacial score (nSPS) is 20.8. The second-order valence-electron chi connectivity index (χ2n) is 6.69. The average molecular weight is 317 g/mol. The molecular weight excluding hydrogens is 290 g/mol. The van der Waals surface area contributed by atoms with E-state index in [4.69, 9.17) is 4.74 Å². The number of hydrogen-bond acceptors (Lipinski definition) is 3. The van der Waals surface area contributed by atoms with Gasteiger partial charge in [0.15, 0.2) is 6.61 Å². The molecule has 0 spiro atoms. The molecule has 126 valence electrons. The first-order valence-electron chi connectivity index (χ1n) is 8.47. The highest BCUT2D eigenvalue weighted by molar-refractivity contribution is 5.81. The van der Waals surface area contributed by atoms with Crippen LogP contribution in [0.4, 0.5) is 0 Å². The Bertz CT molecular complexity index is 568. The molecule has 0 heterocycles. The number of aryl methyl sites for hydroxylation is 2. The van der Waals surface area contributed by atoms with E-state index in [2.05, 4.69) is 12.2 Å². The van der Waals surface area contributed by atoms with Crippen LogP contribution in [0.2, 0.25) is 0 Å². The minimum atomic E-state index is -0.361. The van der Waals surface area contributed by atoms with Gasteiger partial charge in [-0.15, -0.1) is 0 Å². The number of ether oxygens (including phenoxy) is 1. The van der Waals surface area contributed by atoms with Crippen LogP contribution in [-0.4, -0.2) is 24.5 Å². The molecule has 0 aromatic heterocycles. The number of benzene rings is 1. The molecule has 0 aliphatic heterocycles. The third kappa shape index (κ3) is 5.38. The number of esters is 1. The van der Waals surface area contributed by atoms with Crippen molar-refractivity contribution in [2.75, 3.05) is 6.61 Å². The van der Waals surface area contributed by atoms with E-state index in [1.807, 2.05) is 32.0 Å². The summed E-state index contributed by atoms with van der Waals surface area (Å²) in [5, 5.41) is 2.99. The Morgan fingerprint density at radius 1 is 1.17 bits per heavy atom. The minimum absolute atomic E-state index is 0.188. The van der Waals surface area contributed by atoms with E-state index in [-0.39, 0.29) is 30.9 Å². The highest BCUT2D eigenvalue weighted by Gasteiger charge is 2.23. The number of nitrogens with one attached hydrogen (secondary N) is 1. The first-order valence-corrected chi connectivity index (χ1v) is 8.47. The first kappa shape index (κ1) is 17.5. The lowest BCUT2D eigenvalue weighted by molar-refractivity contribution is -0.148. The SMILES string of the molecule is Cc1ccc(CC(=O)OCC(=O)N[C@H]2CCCC[C@@H]2C)cc1C. The molecule has 1 aromatic rings. The summed E-state index contributed by atoms with van der Waals surface area (Å²) < 4.78 is 5.10. The van der Waals surface area contributed by atoms with Crippen molar-refractivity contribution >= 4 is 11.9 Å². The second kappa shape index (κ2) is 8.14. The van der Waals surface area contributed by atoms with Gasteiger partial charge in [-0.1, -0.05) is 38.0 Å². The maximum Gasteiger partial charge on any atom is 0.310 e. The molecule has 0 bridgehead atoms. The molecule has 23 heavy (non-hydrogen) atoms. The Balaban J connectivity index is 1.75. The minimum Gasteiger partial charge on any atom is -0.455 e. The molecular formula is C19H27NO3. The molecule has 0 unspecified atom stereocenters. The summed E-state index contributed by atoms with van der Waals surface area (Å²) in [6.45, 7) is 6.03. The molecule has 4 heteroatoms. The molecule has 1 aliphatic rings. The van der Waals surface area contributed by atoms with Gasteiger partial charge in [-0.25, -0.2) is 0 Å². The van der Waals surface area contributed by atoms with Crippen molar-refractivity contribution in [3.8, 4) is 0 Å². The van der Waals surface area contributed by atoms with Crippen LogP contribution in [0.5, 0.6) is 0 Å². The van der Waals surface area contributed by atoms with Gasteiger partial charge in [0.25, 0.3) is 5.91 Å². The fourth-order valence-electron chi connectivity index (χ4n) is 3.06. The third-order valence-corrected chi connectivity index (χ3v) is 4.74. The van der Waals surface area contributed by atoms with E-state index in [0.29, 0.717) is 5.92 Å². The van der Waals surface area contributed by atoms with Crippen LogP contribution < -0.4 is 5.32 Å². The maximum atomic E-state index is 11.9. The van der Waals surface area contributed by atoms with E-state index in [1.165, 1.54) is 12.0 Å². The maximum absolute atomic E-state index is 11.9. The van der Waals surface area contributed by atoms with E-state index in [0.717, 1.165) is 30.4 Å². The van der Waals surface area contributed by atoms with Crippen LogP contribution in [-0.2, 0) is 20.7 Å². The first-order chi connectivity index (χ1) is 11.0. The quantitative estimate of drug-likeness (QED) is 0.849. The third-order valence-electron chi connectivity index (χ3n) is 4.74. The van der Waals surface area contributed by atoms with E-state index in [9.17, 15) is 9.59 Å². The van der Waals surface area contributed by atoms with Crippen molar-refractivity contribution < 1.29 is 14.3 Å². The molecule has 1 aromatic carbocycles. The molecule has 1 aliphatic carbocycles. The topological polar surface area (TPSA) is 55.4 Å². The summed E-state index contributed by atoms with van der Waals surface area (Å²) in [6, 6.07) is 6.12. The summed E-state index contributed by atoms with van der Waals surface area (Å²) in [7, 11) is 0. The number of carbonyl (C=O) groups excluding carboxylic acids is 2. The molecule has 1 amide bonds. The van der Waals surface area contributed by atoms with Gasteiger partial charge < -0.3 is 10.1 Å². The molecule has 4 nitrogen and oxygen atoms in total. The molecule has 0 saturated heterocycles. The Morgan fingerprint density at radius 2 is 1.91 bits per heavy atom. The van der Waals surface area contributed by atoms with E-state index in [1.54, 1.807) is 0 Å². The van der Waals surface area contributed by atoms with Crippen LogP contribution in [0.25, 0.3) is 0 Å². The summed E-state index contributed by atoms with van der Waals surface area (Å²) in [5.74, 6) is -0.0591. The van der Waals surface area contributed by atoms with Gasteiger partial charge in [0.2, 0.25) is 0 Å². The van der Waals surface area contributed by atoms with Gasteiger partial charge in [0.05, 0.1) is 6.42 Å². The fraction of sp³-hybridized carbons (Fsp3) is 0.579. The lowest BCUT2D eigenvalue weighted by atomic mass is 9.86. The van der Waals surface area contributed by atoms with Gasteiger partial charge >= 0.3 is 5.97 Å². The average Bonchev–Trinajstić information content (AvgIpc) is 2.51. The zero-order valence-electron chi connectivity index (χ0n) is 14.4. The highest BCUT2D eigenvalue weighted by atomic mass is 16.5. The van der Waals surface area contributed by atoms with Crippen molar-refractivity contribution in [2.45, 2.75) is 58.9 Å². The van der Waals surface area contributed by atoms with Crippen molar-refractivity contribution in [1.82, 2.24) is 5.32 Å². The van der Waals surface area contributed by atoms with Crippen molar-refractivity contribution in [2.24, 2.45) is 5.92 Å². The zero-order chi connectivity index (χ0) is 16.8. The van der Waals surface area contributed by atoms with Gasteiger partial charge in [-0.3, -0.25) is 9.59 Å². The Kier molecular flexibility index (Phi) is 6.20. The fourth-order valence-corrected chi connectivity index (χ4v) is 3.06. The Labute approximate surface area is 138 Å².